The normalized spacial score (nSPS) is 15.8. The van der Waals surface area contributed by atoms with Crippen molar-refractivity contribution in [2.75, 3.05) is 25.4 Å². The molecule has 2 aromatic rings. The van der Waals surface area contributed by atoms with Crippen LogP contribution in [0.25, 0.3) is 5.57 Å². The van der Waals surface area contributed by atoms with E-state index in [0.717, 1.165) is 44.8 Å². The summed E-state index contributed by atoms with van der Waals surface area (Å²) in [4.78, 5) is 16.9. The van der Waals surface area contributed by atoms with E-state index in [2.05, 4.69) is 9.88 Å². The number of pyridine rings is 1. The van der Waals surface area contributed by atoms with Crippen molar-refractivity contribution < 1.29 is 21.6 Å². The second-order valence-corrected chi connectivity index (χ2v) is 11.1. The van der Waals surface area contributed by atoms with E-state index in [4.69, 9.17) is 0 Å². The first kappa shape index (κ1) is 27.2. The molecule has 0 spiro atoms. The molecule has 0 bridgehead atoms. The van der Waals surface area contributed by atoms with E-state index >= 15 is 0 Å². The summed E-state index contributed by atoms with van der Waals surface area (Å²) in [6, 6.07) is 8.45. The summed E-state index contributed by atoms with van der Waals surface area (Å²) in [7, 11) is -3.46. The van der Waals surface area contributed by atoms with Gasteiger partial charge in [0.15, 0.2) is 9.84 Å². The van der Waals surface area contributed by atoms with E-state index in [1.54, 1.807) is 12.1 Å². The molecule has 1 aliphatic rings. The van der Waals surface area contributed by atoms with Crippen LogP contribution in [0, 0.1) is 5.92 Å². The van der Waals surface area contributed by atoms with Gasteiger partial charge in [0, 0.05) is 11.3 Å². The maximum absolute atomic E-state index is 13.1. The van der Waals surface area contributed by atoms with E-state index in [-0.39, 0.29) is 22.3 Å². The number of hydrogen-bond acceptors (Lipinski definition) is 4. The van der Waals surface area contributed by atoms with Gasteiger partial charge in [-0.3, -0.25) is 4.79 Å². The third kappa shape index (κ3) is 7.07. The average molecular weight is 511 g/mol. The third-order valence-electron chi connectivity index (χ3n) is 6.61. The van der Waals surface area contributed by atoms with Gasteiger partial charge >= 0.3 is 6.18 Å². The Kier molecular flexibility index (Phi) is 8.99. The molecule has 5 nitrogen and oxygen atoms in total. The van der Waals surface area contributed by atoms with E-state index in [1.807, 2.05) is 19.9 Å². The Labute approximate surface area is 205 Å². The van der Waals surface area contributed by atoms with Crippen molar-refractivity contribution in [1.82, 2.24) is 9.88 Å². The lowest BCUT2D eigenvalue weighted by molar-refractivity contribution is -0.138. The van der Waals surface area contributed by atoms with Crippen LogP contribution in [-0.2, 0) is 16.0 Å². The number of hydrogen-bond donors (Lipinski definition) is 1. The van der Waals surface area contributed by atoms with Crippen LogP contribution in [0.3, 0.4) is 0 Å². The van der Waals surface area contributed by atoms with Crippen molar-refractivity contribution in [3.05, 3.63) is 69.6 Å². The molecule has 3 rings (SSSR count). The summed E-state index contributed by atoms with van der Waals surface area (Å²) in [5.74, 6) is 0.291. The van der Waals surface area contributed by atoms with E-state index < -0.39 is 27.1 Å². The molecule has 0 saturated heterocycles. The van der Waals surface area contributed by atoms with Gasteiger partial charge in [-0.05, 0) is 74.6 Å². The average Bonchev–Trinajstić information content (AvgIpc) is 3.33. The molecule has 1 aliphatic carbocycles. The van der Waals surface area contributed by atoms with Crippen molar-refractivity contribution in [3.8, 4) is 0 Å². The molecule has 0 aliphatic heterocycles. The third-order valence-corrected chi connectivity index (χ3v) is 8.43. The van der Waals surface area contributed by atoms with Crippen LogP contribution >= 0.6 is 0 Å². The number of alkyl halides is 3. The number of benzene rings is 1. The SMILES string of the molecule is CCN(CC)CCCS(=O)(=O)c1ccc(/C(=C/C2CCCC2)c2ccc(C(F)(F)F)c(=O)[nH]2)cc1. The van der Waals surface area contributed by atoms with Gasteiger partial charge in [-0.2, -0.15) is 13.2 Å². The number of nitrogens with one attached hydrogen (secondary N) is 1. The molecule has 0 atom stereocenters. The second kappa shape index (κ2) is 11.6. The van der Waals surface area contributed by atoms with E-state index in [1.165, 1.54) is 18.2 Å². The fourth-order valence-electron chi connectivity index (χ4n) is 4.53. The first-order valence-electron chi connectivity index (χ1n) is 12.1. The van der Waals surface area contributed by atoms with Crippen LogP contribution in [0.5, 0.6) is 0 Å². The first-order chi connectivity index (χ1) is 16.5. The molecule has 1 aromatic carbocycles. The van der Waals surface area contributed by atoms with E-state index in [9.17, 15) is 26.4 Å². The highest BCUT2D eigenvalue weighted by atomic mass is 32.2. The monoisotopic (exact) mass is 510 g/mol. The molecule has 1 heterocycles. The van der Waals surface area contributed by atoms with Crippen LogP contribution in [-0.4, -0.2) is 43.7 Å². The molecule has 9 heteroatoms. The zero-order valence-corrected chi connectivity index (χ0v) is 21.0. The molecule has 192 valence electrons. The molecule has 1 saturated carbocycles. The minimum atomic E-state index is -4.73. The smallest absolute Gasteiger partial charge is 0.321 e. The summed E-state index contributed by atoms with van der Waals surface area (Å²) in [6.07, 6.45) is 1.86. The summed E-state index contributed by atoms with van der Waals surface area (Å²) in [5, 5.41) is 0. The summed E-state index contributed by atoms with van der Waals surface area (Å²) in [6.45, 7) is 6.52. The number of halogens is 3. The van der Waals surface area contributed by atoms with Gasteiger partial charge in [0.25, 0.3) is 5.56 Å². The zero-order valence-electron chi connectivity index (χ0n) is 20.2. The van der Waals surface area contributed by atoms with Gasteiger partial charge in [-0.15, -0.1) is 0 Å². The maximum Gasteiger partial charge on any atom is 0.421 e. The number of aromatic amines is 1. The Balaban J connectivity index is 1.88. The Morgan fingerprint density at radius 2 is 1.69 bits per heavy atom. The summed E-state index contributed by atoms with van der Waals surface area (Å²) < 4.78 is 64.8. The molecular formula is C26H33F3N2O3S. The number of aromatic nitrogens is 1. The maximum atomic E-state index is 13.1. The predicted octanol–water partition coefficient (Wildman–Crippen LogP) is 5.52. The lowest BCUT2D eigenvalue weighted by Gasteiger charge is -2.17. The quantitative estimate of drug-likeness (QED) is 0.457. The molecule has 1 fully saturated rings. The van der Waals surface area contributed by atoms with Crippen LogP contribution in [0.1, 0.15) is 62.8 Å². The van der Waals surface area contributed by atoms with Gasteiger partial charge < -0.3 is 9.88 Å². The highest BCUT2D eigenvalue weighted by Crippen LogP contribution is 2.33. The van der Waals surface area contributed by atoms with Gasteiger partial charge in [0.2, 0.25) is 0 Å². The lowest BCUT2D eigenvalue weighted by Crippen LogP contribution is -2.25. The lowest BCUT2D eigenvalue weighted by atomic mass is 9.96. The molecule has 1 aromatic heterocycles. The van der Waals surface area contributed by atoms with Gasteiger partial charge in [-0.25, -0.2) is 8.42 Å². The van der Waals surface area contributed by atoms with Crippen molar-refractivity contribution in [3.63, 3.8) is 0 Å². The molecule has 0 unspecified atom stereocenters. The van der Waals surface area contributed by atoms with Crippen molar-refractivity contribution in [2.24, 2.45) is 5.92 Å². The number of rotatable bonds is 10. The molecule has 0 amide bonds. The van der Waals surface area contributed by atoms with Crippen LogP contribution < -0.4 is 5.56 Å². The number of H-pyrrole nitrogens is 1. The first-order valence-corrected chi connectivity index (χ1v) is 13.8. The topological polar surface area (TPSA) is 70.2 Å². The number of allylic oxidation sites excluding steroid dienone is 1. The van der Waals surface area contributed by atoms with Crippen molar-refractivity contribution in [2.45, 2.75) is 57.0 Å². The largest absolute Gasteiger partial charge is 0.421 e. The Bertz CT molecular complexity index is 1180. The predicted molar refractivity (Wildman–Crippen MR) is 132 cm³/mol. The van der Waals surface area contributed by atoms with Crippen LogP contribution in [0.2, 0.25) is 0 Å². The highest BCUT2D eigenvalue weighted by molar-refractivity contribution is 7.91. The fraction of sp³-hybridized carbons (Fsp3) is 0.500. The van der Waals surface area contributed by atoms with E-state index in [0.29, 0.717) is 24.1 Å². The molecule has 1 N–H and O–H groups in total. The molecule has 0 radical (unpaired) electrons. The Morgan fingerprint density at radius 1 is 1.06 bits per heavy atom. The number of nitrogens with zero attached hydrogens (tertiary/aromatic N) is 1. The highest BCUT2D eigenvalue weighted by Gasteiger charge is 2.34. The van der Waals surface area contributed by atoms with Gasteiger partial charge in [0.1, 0.15) is 5.56 Å². The standard InChI is InChI=1S/C26H33F3N2O3S/c1-3-31(4-2)16-7-17-35(33,34)21-12-10-20(11-13-21)22(18-19-8-5-6-9-19)24-15-14-23(25(32)30-24)26(27,28)29/h10-15,18-19H,3-9,16-17H2,1-2H3,(H,30,32)/b22-18-. The van der Waals surface area contributed by atoms with Gasteiger partial charge in [-0.1, -0.05) is 44.9 Å². The summed E-state index contributed by atoms with van der Waals surface area (Å²) >= 11 is 0. The number of sulfone groups is 1. The molecule has 35 heavy (non-hydrogen) atoms. The van der Waals surface area contributed by atoms with Crippen LogP contribution in [0.15, 0.2) is 52.2 Å². The minimum absolute atomic E-state index is 0.0415. The molecular weight excluding hydrogens is 477 g/mol. The minimum Gasteiger partial charge on any atom is -0.321 e. The second-order valence-electron chi connectivity index (χ2n) is 8.96. The van der Waals surface area contributed by atoms with Crippen molar-refractivity contribution in [1.29, 1.82) is 0 Å². The zero-order chi connectivity index (χ0) is 25.6. The summed E-state index contributed by atoms with van der Waals surface area (Å²) in [5.41, 5.74) is -0.903. The Hall–Kier alpha value is -2.39. The Morgan fingerprint density at radius 3 is 2.23 bits per heavy atom. The van der Waals surface area contributed by atoms with Crippen LogP contribution in [0.4, 0.5) is 13.2 Å². The van der Waals surface area contributed by atoms with Crippen molar-refractivity contribution >= 4 is 15.4 Å². The van der Waals surface area contributed by atoms with Gasteiger partial charge in [0.05, 0.1) is 10.6 Å². The fourth-order valence-corrected chi connectivity index (χ4v) is 5.83.